The predicted molar refractivity (Wildman–Crippen MR) is 80.1 cm³/mol. The number of nitrogens with one attached hydrogen (secondary N) is 1. The van der Waals surface area contributed by atoms with Crippen molar-refractivity contribution in [1.29, 1.82) is 0 Å². The Morgan fingerprint density at radius 3 is 2.80 bits per heavy atom. The maximum absolute atomic E-state index is 12.6. The third kappa shape index (κ3) is 3.31. The van der Waals surface area contributed by atoms with E-state index in [0.29, 0.717) is 36.4 Å². The summed E-state index contributed by atoms with van der Waals surface area (Å²) in [6.07, 6.45) is 0. The number of carbonyl (C=O) groups is 1. The first-order valence-corrected chi connectivity index (χ1v) is 7.38. The summed E-state index contributed by atoms with van der Waals surface area (Å²) < 4.78 is 5.67. The number of likely N-dealkylation sites (N-methyl/N-ethyl adjacent to an activating group) is 1. The minimum Gasteiger partial charge on any atom is -0.491 e. The fourth-order valence-electron chi connectivity index (χ4n) is 2.49. The van der Waals surface area contributed by atoms with Gasteiger partial charge in [-0.1, -0.05) is 32.9 Å². The molecule has 1 aliphatic heterocycles. The molecule has 1 atom stereocenters. The maximum Gasteiger partial charge on any atom is 0.257 e. The van der Waals surface area contributed by atoms with E-state index in [1.165, 1.54) is 0 Å². The number of fused-ring (bicyclic) bond motifs is 1. The summed E-state index contributed by atoms with van der Waals surface area (Å²) in [5.41, 5.74) is 0.670. The number of hydrogen-bond donors (Lipinski definition) is 1. The largest absolute Gasteiger partial charge is 0.491 e. The van der Waals surface area contributed by atoms with E-state index in [9.17, 15) is 4.79 Å². The molecule has 0 fully saturated rings. The van der Waals surface area contributed by atoms with E-state index in [-0.39, 0.29) is 5.91 Å². The van der Waals surface area contributed by atoms with Crippen LogP contribution in [0.25, 0.3) is 0 Å². The Labute approximate surface area is 121 Å². The van der Waals surface area contributed by atoms with Crippen LogP contribution < -0.4 is 10.1 Å². The molecule has 1 amide bonds. The van der Waals surface area contributed by atoms with Gasteiger partial charge < -0.3 is 15.0 Å². The van der Waals surface area contributed by atoms with E-state index in [1.807, 2.05) is 29.2 Å². The molecule has 20 heavy (non-hydrogen) atoms. The second kappa shape index (κ2) is 6.75. The van der Waals surface area contributed by atoms with Crippen LogP contribution in [-0.4, -0.2) is 43.1 Å². The Morgan fingerprint density at radius 1 is 1.35 bits per heavy atom. The van der Waals surface area contributed by atoms with Gasteiger partial charge in [-0.3, -0.25) is 4.79 Å². The predicted octanol–water partition coefficient (Wildman–Crippen LogP) is 2.16. The normalized spacial score (nSPS) is 16.6. The number of hydrogen-bond acceptors (Lipinski definition) is 3. The molecule has 1 aromatic carbocycles. The first-order valence-electron chi connectivity index (χ1n) is 7.38. The van der Waals surface area contributed by atoms with Crippen LogP contribution in [0.4, 0.5) is 0 Å². The van der Waals surface area contributed by atoms with Gasteiger partial charge in [0.1, 0.15) is 12.4 Å². The van der Waals surface area contributed by atoms with Crippen molar-refractivity contribution in [3.8, 4) is 5.75 Å². The molecular formula is C16H24N2O2. The van der Waals surface area contributed by atoms with Crippen molar-refractivity contribution in [3.63, 3.8) is 0 Å². The molecule has 1 aromatic rings. The number of benzene rings is 1. The van der Waals surface area contributed by atoms with E-state index in [1.54, 1.807) is 0 Å². The van der Waals surface area contributed by atoms with Crippen LogP contribution >= 0.6 is 0 Å². The molecule has 0 bridgehead atoms. The van der Waals surface area contributed by atoms with E-state index < -0.39 is 0 Å². The van der Waals surface area contributed by atoms with Gasteiger partial charge in [-0.05, 0) is 24.6 Å². The number of ether oxygens (including phenoxy) is 1. The van der Waals surface area contributed by atoms with Gasteiger partial charge in [0, 0.05) is 12.6 Å². The molecule has 4 heteroatoms. The molecule has 0 aromatic heterocycles. The van der Waals surface area contributed by atoms with Crippen molar-refractivity contribution in [3.05, 3.63) is 29.8 Å². The maximum atomic E-state index is 12.6. The molecule has 0 radical (unpaired) electrons. The average Bonchev–Trinajstić information content (AvgIpc) is 2.59. The summed E-state index contributed by atoms with van der Waals surface area (Å²) in [6, 6.07) is 7.80. The van der Waals surface area contributed by atoms with E-state index in [0.717, 1.165) is 13.1 Å². The monoisotopic (exact) mass is 276 g/mol. The van der Waals surface area contributed by atoms with Crippen LogP contribution in [-0.2, 0) is 0 Å². The molecule has 1 heterocycles. The Bertz CT molecular complexity index is 460. The SMILES string of the molecule is CCNC(CN1CCOc2ccccc2C1=O)C(C)C. The van der Waals surface area contributed by atoms with E-state index in [2.05, 4.69) is 26.1 Å². The van der Waals surface area contributed by atoms with Crippen LogP contribution in [0.15, 0.2) is 24.3 Å². The Morgan fingerprint density at radius 2 is 2.10 bits per heavy atom. The zero-order valence-electron chi connectivity index (χ0n) is 12.6. The Hall–Kier alpha value is -1.55. The average molecular weight is 276 g/mol. The summed E-state index contributed by atoms with van der Waals surface area (Å²) in [6.45, 7) is 9.29. The van der Waals surface area contributed by atoms with Gasteiger partial charge >= 0.3 is 0 Å². The zero-order chi connectivity index (χ0) is 14.5. The molecule has 1 N–H and O–H groups in total. The second-order valence-electron chi connectivity index (χ2n) is 5.50. The number of amides is 1. The highest BCUT2D eigenvalue weighted by Gasteiger charge is 2.26. The van der Waals surface area contributed by atoms with E-state index in [4.69, 9.17) is 4.74 Å². The van der Waals surface area contributed by atoms with Crippen molar-refractivity contribution in [1.82, 2.24) is 10.2 Å². The Kier molecular flexibility index (Phi) is 5.01. The van der Waals surface area contributed by atoms with Crippen LogP contribution in [0.5, 0.6) is 5.75 Å². The van der Waals surface area contributed by atoms with Gasteiger partial charge in [0.25, 0.3) is 5.91 Å². The topological polar surface area (TPSA) is 41.6 Å². The van der Waals surface area contributed by atoms with Crippen molar-refractivity contribution in [2.45, 2.75) is 26.8 Å². The minimum atomic E-state index is 0.0710. The fourth-order valence-corrected chi connectivity index (χ4v) is 2.49. The van der Waals surface area contributed by atoms with Crippen LogP contribution in [0, 0.1) is 5.92 Å². The lowest BCUT2D eigenvalue weighted by Gasteiger charge is -2.29. The van der Waals surface area contributed by atoms with Crippen molar-refractivity contribution in [2.75, 3.05) is 26.2 Å². The van der Waals surface area contributed by atoms with Crippen molar-refractivity contribution < 1.29 is 9.53 Å². The van der Waals surface area contributed by atoms with Gasteiger partial charge in [0.15, 0.2) is 0 Å². The van der Waals surface area contributed by atoms with Crippen LogP contribution in [0.2, 0.25) is 0 Å². The lowest BCUT2D eigenvalue weighted by atomic mass is 10.0. The number of nitrogens with zero attached hydrogens (tertiary/aromatic N) is 1. The minimum absolute atomic E-state index is 0.0710. The van der Waals surface area contributed by atoms with Crippen LogP contribution in [0.1, 0.15) is 31.1 Å². The summed E-state index contributed by atoms with van der Waals surface area (Å²) in [5, 5.41) is 3.46. The lowest BCUT2D eigenvalue weighted by Crippen LogP contribution is -2.46. The first kappa shape index (κ1) is 14.9. The van der Waals surface area contributed by atoms with Gasteiger partial charge in [-0.2, -0.15) is 0 Å². The smallest absolute Gasteiger partial charge is 0.257 e. The van der Waals surface area contributed by atoms with E-state index >= 15 is 0 Å². The van der Waals surface area contributed by atoms with Crippen LogP contribution in [0.3, 0.4) is 0 Å². The molecule has 2 rings (SSSR count). The fraction of sp³-hybridized carbons (Fsp3) is 0.562. The molecule has 0 saturated heterocycles. The van der Waals surface area contributed by atoms with Gasteiger partial charge in [-0.25, -0.2) is 0 Å². The second-order valence-corrected chi connectivity index (χ2v) is 5.50. The quantitative estimate of drug-likeness (QED) is 0.896. The van der Waals surface area contributed by atoms with Gasteiger partial charge in [-0.15, -0.1) is 0 Å². The summed E-state index contributed by atoms with van der Waals surface area (Å²) in [4.78, 5) is 14.5. The molecule has 0 aliphatic carbocycles. The van der Waals surface area contributed by atoms with Gasteiger partial charge in [0.05, 0.1) is 12.1 Å². The molecular weight excluding hydrogens is 252 g/mol. The first-order chi connectivity index (χ1) is 9.63. The third-order valence-electron chi connectivity index (χ3n) is 3.71. The highest BCUT2D eigenvalue weighted by Crippen LogP contribution is 2.22. The zero-order valence-corrected chi connectivity index (χ0v) is 12.6. The highest BCUT2D eigenvalue weighted by molar-refractivity contribution is 5.97. The molecule has 110 valence electrons. The molecule has 1 aliphatic rings. The Balaban J connectivity index is 2.15. The third-order valence-corrected chi connectivity index (χ3v) is 3.71. The summed E-state index contributed by atoms with van der Waals surface area (Å²) in [5.74, 6) is 1.26. The van der Waals surface area contributed by atoms with Crippen molar-refractivity contribution >= 4 is 5.91 Å². The summed E-state index contributed by atoms with van der Waals surface area (Å²) in [7, 11) is 0. The van der Waals surface area contributed by atoms with Gasteiger partial charge in [0.2, 0.25) is 0 Å². The van der Waals surface area contributed by atoms with Crippen molar-refractivity contribution in [2.24, 2.45) is 5.92 Å². The highest BCUT2D eigenvalue weighted by atomic mass is 16.5. The summed E-state index contributed by atoms with van der Waals surface area (Å²) >= 11 is 0. The number of rotatable bonds is 5. The number of para-hydroxylation sites is 1. The molecule has 0 spiro atoms. The number of carbonyl (C=O) groups excluding carboxylic acids is 1. The molecule has 0 saturated carbocycles. The lowest BCUT2D eigenvalue weighted by molar-refractivity contribution is 0.0727. The molecule has 1 unspecified atom stereocenters. The molecule has 4 nitrogen and oxygen atoms in total. The standard InChI is InChI=1S/C16H24N2O2/c1-4-17-14(12(2)3)11-18-9-10-20-15-8-6-5-7-13(15)16(18)19/h5-8,12,14,17H,4,9-11H2,1-3H3.